The minimum atomic E-state index is -2.75. The summed E-state index contributed by atoms with van der Waals surface area (Å²) in [5.74, 6) is -3.70. The number of aromatic nitrogens is 4. The summed E-state index contributed by atoms with van der Waals surface area (Å²) in [4.78, 5) is 14.8. The molecule has 642 valence electrons. The van der Waals surface area contributed by atoms with Gasteiger partial charge in [-0.05, 0) is 174 Å². The highest BCUT2D eigenvalue weighted by Crippen LogP contribution is 2.49. The fourth-order valence-corrected chi connectivity index (χ4v) is 17.4. The van der Waals surface area contributed by atoms with Crippen molar-refractivity contribution >= 4 is 111 Å². The van der Waals surface area contributed by atoms with Gasteiger partial charge in [0.2, 0.25) is 22.8 Å². The minimum Gasteiger partial charge on any atom is -0.455 e. The van der Waals surface area contributed by atoms with E-state index in [1.807, 2.05) is 285 Å². The number of hydrogen-bond donors (Lipinski definition) is 0. The minimum absolute atomic E-state index is 0.0111. The van der Waals surface area contributed by atoms with Crippen LogP contribution in [-0.4, -0.2) is 0 Å². The van der Waals surface area contributed by atoms with Crippen molar-refractivity contribution in [3.8, 4) is 89.5 Å². The zero-order chi connectivity index (χ0) is 105. The van der Waals surface area contributed by atoms with Crippen LogP contribution < -0.4 is 18.3 Å². The lowest BCUT2D eigenvalue weighted by molar-refractivity contribution is -0.666. The molecule has 0 spiro atoms. The second-order valence-electron chi connectivity index (χ2n) is 34.0. The second kappa shape index (κ2) is 35.9. The molecule has 1 unspecified atom stereocenters. The number of hydrogen-bond acceptors (Lipinski definition) is 4. The van der Waals surface area contributed by atoms with Gasteiger partial charge in [0.15, 0.2) is 45.5 Å². The number of benzene rings is 12. The maximum Gasteiger partial charge on any atom is 0.216 e. The Balaban J connectivity index is 0.000000133. The Hall–Kier alpha value is -15.6. The molecule has 1 atom stereocenters. The molecule has 0 amide bonds. The quantitative estimate of drug-likeness (QED) is 0.0901. The van der Waals surface area contributed by atoms with Gasteiger partial charge >= 0.3 is 0 Å². The molecule has 12 heteroatoms. The van der Waals surface area contributed by atoms with Crippen molar-refractivity contribution in [2.24, 2.45) is 34.1 Å². The molecule has 0 aliphatic heterocycles. The molecule has 0 saturated carbocycles. The zero-order valence-corrected chi connectivity index (χ0v) is 76.6. The van der Waals surface area contributed by atoms with Crippen LogP contribution in [0.5, 0.6) is 0 Å². The molecule has 0 radical (unpaired) electrons. The first-order valence-electron chi connectivity index (χ1n) is 50.8. The number of nitrogens with zero attached hydrogens (tertiary/aromatic N) is 8. The Kier molecular flexibility index (Phi) is 19.3. The molecule has 0 fully saturated rings. The van der Waals surface area contributed by atoms with Crippen LogP contribution in [0.15, 0.2) is 284 Å². The van der Waals surface area contributed by atoms with E-state index in [1.165, 1.54) is 6.92 Å². The van der Waals surface area contributed by atoms with Crippen LogP contribution in [0.3, 0.4) is 0 Å². The summed E-state index contributed by atoms with van der Waals surface area (Å²) in [6.07, 6.45) is -1.86. The van der Waals surface area contributed by atoms with E-state index in [4.69, 9.17) is 63.1 Å². The maximum atomic E-state index is 9.20. The van der Waals surface area contributed by atoms with Gasteiger partial charge in [0, 0.05) is 151 Å². The first-order chi connectivity index (χ1) is 69.1. The summed E-state index contributed by atoms with van der Waals surface area (Å²) in [6.45, 7) is 53.0. The molecule has 8 heterocycles. The van der Waals surface area contributed by atoms with Gasteiger partial charge in [-0.15, -0.1) is 0 Å². The molecular weight excluding hydrogens is 1610 g/mol. The van der Waals surface area contributed by atoms with Gasteiger partial charge in [-0.2, -0.15) is 18.3 Å². The van der Waals surface area contributed by atoms with Crippen LogP contribution in [0.25, 0.3) is 197 Å². The Morgan fingerprint density at radius 3 is 0.855 bits per heavy atom. The standard InChI is InChI=1S/C31H29N2O.2C30H27N2O.C28H23N2O/c1-19(2)14-22-15-21(4)33(6)28(16-22)29-20(3)12-13-25-27-18-24(32-5)17-26(30(27)34-31(25)29)23-10-8-7-9-11-23;2*1-18(2)22-14-20(4)32(6)27(15-22)28-19(3)12-13-24-26-17-23(31-5)16-25(29(26)33-30(24)28)21-10-8-7-9-11-21;1-17-13-19(3)30(5)25(14-17)26-18(2)11-12-22-24-16-21(29-4)15-23(27(24)31-28(22)26)20-9-7-6-8-10-20/h7-13,15-19H,14H2,1-4,6H3;2*7-18H,1-4,6H3;6-16H,1-3,5H3/q4*+1/i14D2,15D,16D;1D3,14D,15D,18D;14D,15D,18D;13D,14D. The Labute approximate surface area is 788 Å². The molecule has 12 aromatic carbocycles. The van der Waals surface area contributed by atoms with Crippen molar-refractivity contribution in [1.29, 1.82) is 0 Å². The maximum absolute atomic E-state index is 9.20. The highest BCUT2D eigenvalue weighted by Gasteiger charge is 2.31. The van der Waals surface area contributed by atoms with Gasteiger partial charge < -0.3 is 17.7 Å². The average molecular weight is 1730 g/mol. The molecule has 131 heavy (non-hydrogen) atoms. The average Bonchev–Trinajstić information content (AvgIpc) is 1.30. The van der Waals surface area contributed by atoms with Crippen LogP contribution in [0.1, 0.15) is 141 Å². The summed E-state index contributed by atoms with van der Waals surface area (Å²) in [5, 5.41) is 6.67. The molecule has 0 saturated heterocycles. The third kappa shape index (κ3) is 16.5. The fourth-order valence-electron chi connectivity index (χ4n) is 17.4. The molecule has 20 rings (SSSR count). The van der Waals surface area contributed by atoms with Crippen molar-refractivity contribution in [2.45, 2.75) is 122 Å². The summed E-state index contributed by atoms with van der Waals surface area (Å²) < 4.78 is 163. The smallest absolute Gasteiger partial charge is 0.216 e. The molecule has 0 aliphatic rings. The van der Waals surface area contributed by atoms with E-state index in [2.05, 4.69) is 19.4 Å². The van der Waals surface area contributed by atoms with E-state index in [0.29, 0.717) is 130 Å². The third-order valence-electron chi connectivity index (χ3n) is 24.5. The fraction of sp³-hybridized carbons (Fsp3) is 0.193. The number of aryl methyl sites for hydroxylation is 4. The summed E-state index contributed by atoms with van der Waals surface area (Å²) in [6, 6.07) is 70.7. The van der Waals surface area contributed by atoms with Crippen LogP contribution >= 0.6 is 0 Å². The molecule has 20 aromatic rings. The van der Waals surface area contributed by atoms with Crippen molar-refractivity contribution < 1.29 is 56.5 Å². The zero-order valence-electron chi connectivity index (χ0n) is 91.6. The predicted molar refractivity (Wildman–Crippen MR) is 537 cm³/mol. The van der Waals surface area contributed by atoms with Crippen molar-refractivity contribution in [3.63, 3.8) is 0 Å². The monoisotopic (exact) mass is 1730 g/mol. The van der Waals surface area contributed by atoms with E-state index < -0.39 is 30.9 Å². The van der Waals surface area contributed by atoms with Crippen molar-refractivity contribution in [2.75, 3.05) is 0 Å². The molecule has 8 aromatic heterocycles. The first-order valence-corrected chi connectivity index (χ1v) is 43.3. The van der Waals surface area contributed by atoms with Gasteiger partial charge in [-0.1, -0.05) is 211 Å². The SMILES string of the molecule is [2H]c1c(C([2H])(C)C([2H])([2H])[2H])c([2H])c(-c2c(C)ccc3c2oc2c(-c4ccccc4)cc([N+]#[C-])cc23)[n+](C)c1C.[2H]c1c(C([2H])(C)C)c([2H])c(-c2c(C)ccc3c2oc2c(-c4ccccc4)cc([N+]#[C-])cc23)[n+](C)c1C.[2H]c1c(C([2H])([2H])C(C)C)c([2H])c(-c2c(C)ccc3c2oc2c(-c4ccccc4)cc([N+]#[C-])cc23)[n+](C)c1C.[2H]c1c(C)c([2H])c(-c2c(C)ccc3c2oc2c(-c4ccccc4)cc([N+]#[C-])cc23)[n+](C)c1C. The van der Waals surface area contributed by atoms with Gasteiger partial charge in [0.05, 0.1) is 59.5 Å². The number of rotatable bonds is 12. The summed E-state index contributed by atoms with van der Waals surface area (Å²) in [7, 11) is 7.29. The first kappa shape index (κ1) is 70.5. The van der Waals surface area contributed by atoms with Crippen LogP contribution in [0.2, 0.25) is 0 Å². The van der Waals surface area contributed by atoms with E-state index in [-0.39, 0.29) is 47.4 Å². The molecule has 0 aliphatic carbocycles. The van der Waals surface area contributed by atoms with Gasteiger partial charge in [0.25, 0.3) is 0 Å². The van der Waals surface area contributed by atoms with Gasteiger partial charge in [-0.3, -0.25) is 0 Å². The summed E-state index contributed by atoms with van der Waals surface area (Å²) >= 11 is 0. The predicted octanol–water partition coefficient (Wildman–Crippen LogP) is 31.4. The molecule has 12 nitrogen and oxygen atoms in total. The molecule has 0 bridgehead atoms. The van der Waals surface area contributed by atoms with Crippen LogP contribution in [0, 0.1) is 94.5 Å². The highest BCUT2D eigenvalue weighted by molar-refractivity contribution is 6.18. The van der Waals surface area contributed by atoms with Gasteiger partial charge in [0.1, 0.15) is 72.9 Å². The lowest BCUT2D eigenvalue weighted by Gasteiger charge is -2.11. The van der Waals surface area contributed by atoms with Gasteiger partial charge in [-0.25, -0.2) is 19.4 Å². The number of pyridine rings is 4. The second-order valence-corrected chi connectivity index (χ2v) is 34.0. The van der Waals surface area contributed by atoms with Crippen molar-refractivity contribution in [3.05, 3.63) is 380 Å². The van der Waals surface area contributed by atoms with E-state index >= 15 is 0 Å². The largest absolute Gasteiger partial charge is 0.455 e. The number of furan rings is 4. The topological polar surface area (TPSA) is 85.5 Å². The van der Waals surface area contributed by atoms with E-state index in [9.17, 15) is 1.37 Å². The Bertz CT molecular complexity index is 9010. The lowest BCUT2D eigenvalue weighted by atomic mass is 9.95. The van der Waals surface area contributed by atoms with Crippen LogP contribution in [0.4, 0.5) is 22.7 Å². The van der Waals surface area contributed by atoms with Crippen LogP contribution in [-0.2, 0) is 34.6 Å². The molecule has 0 N–H and O–H groups in total. The van der Waals surface area contributed by atoms with Crippen molar-refractivity contribution in [1.82, 2.24) is 0 Å². The third-order valence-corrected chi connectivity index (χ3v) is 24.5. The van der Waals surface area contributed by atoms with E-state index in [1.54, 1.807) is 69.9 Å². The Morgan fingerprint density at radius 2 is 0.580 bits per heavy atom. The number of fused-ring (bicyclic) bond motifs is 12. The normalized spacial score (nSPS) is 13.7. The molecular formula is C119H106N8O4+4. The van der Waals surface area contributed by atoms with E-state index in [0.717, 1.165) is 138 Å². The summed E-state index contributed by atoms with van der Waals surface area (Å²) in [5.41, 5.74) is 26.5. The lowest BCUT2D eigenvalue weighted by Crippen LogP contribution is -2.35. The Morgan fingerprint density at radius 1 is 0.313 bits per heavy atom. The highest BCUT2D eigenvalue weighted by atomic mass is 16.3.